The molecule has 68 valence electrons. The van der Waals surface area contributed by atoms with Crippen molar-refractivity contribution in [3.8, 4) is 0 Å². The maximum absolute atomic E-state index is 11.0. The van der Waals surface area contributed by atoms with Gasteiger partial charge in [0.25, 0.3) is 5.56 Å². The minimum atomic E-state index is -1.67. The Morgan fingerprint density at radius 1 is 1.50 bits per heavy atom. The van der Waals surface area contributed by atoms with E-state index >= 15 is 0 Å². The Morgan fingerprint density at radius 2 is 2.08 bits per heavy atom. The van der Waals surface area contributed by atoms with E-state index in [1.807, 2.05) is 0 Å². The van der Waals surface area contributed by atoms with Gasteiger partial charge in [-0.3, -0.25) is 4.79 Å². The summed E-state index contributed by atoms with van der Waals surface area (Å²) in [5.74, 6) is 0. The molecule has 7 heteroatoms. The van der Waals surface area contributed by atoms with Gasteiger partial charge in [-0.25, -0.2) is 3.96 Å². The molecule has 2 nitrogen and oxygen atoms in total. The molecule has 0 aliphatic carbocycles. The Balaban J connectivity index is 3.01. The number of hydrogen-bond acceptors (Lipinski definition) is 2. The fourth-order valence-electron chi connectivity index (χ4n) is 0.578. The van der Waals surface area contributed by atoms with Crippen molar-refractivity contribution in [3.05, 3.63) is 21.8 Å². The first-order valence-electron chi connectivity index (χ1n) is 2.80. The quantitative estimate of drug-likeness (QED) is 0.717. The van der Waals surface area contributed by atoms with Crippen LogP contribution >= 0.6 is 57.9 Å². The first-order valence-corrected chi connectivity index (χ1v) is 5.21. The molecule has 0 bridgehead atoms. The third-order valence-corrected chi connectivity index (χ3v) is 3.55. The molecule has 0 radical (unpaired) electrons. The van der Waals surface area contributed by atoms with Gasteiger partial charge in [-0.1, -0.05) is 57.9 Å². The SMILES string of the molecule is O=c1ccsn1C(Cl)C(Cl)(Cl)Cl. The molecule has 0 fully saturated rings. The molecule has 0 N–H and O–H groups in total. The highest BCUT2D eigenvalue weighted by atomic mass is 35.6. The van der Waals surface area contributed by atoms with Gasteiger partial charge in [0.2, 0.25) is 3.79 Å². The third kappa shape index (κ3) is 2.30. The maximum atomic E-state index is 11.0. The van der Waals surface area contributed by atoms with E-state index < -0.39 is 9.29 Å². The van der Waals surface area contributed by atoms with Gasteiger partial charge in [0.15, 0.2) is 5.50 Å². The predicted molar refractivity (Wildman–Crippen MR) is 53.8 cm³/mol. The van der Waals surface area contributed by atoms with Crippen molar-refractivity contribution in [2.75, 3.05) is 0 Å². The maximum Gasteiger partial charge on any atom is 0.262 e. The second-order valence-electron chi connectivity index (χ2n) is 1.95. The highest BCUT2D eigenvalue weighted by Crippen LogP contribution is 2.40. The van der Waals surface area contributed by atoms with Crippen molar-refractivity contribution in [3.63, 3.8) is 0 Å². The first-order chi connectivity index (χ1) is 5.43. The van der Waals surface area contributed by atoms with E-state index in [0.29, 0.717) is 0 Å². The van der Waals surface area contributed by atoms with Gasteiger partial charge in [-0.15, -0.1) is 0 Å². The van der Waals surface area contributed by atoms with Crippen LogP contribution in [0.25, 0.3) is 0 Å². The summed E-state index contributed by atoms with van der Waals surface area (Å²) in [6, 6.07) is 1.36. The topological polar surface area (TPSA) is 22.0 Å². The van der Waals surface area contributed by atoms with Crippen LogP contribution in [-0.2, 0) is 0 Å². The van der Waals surface area contributed by atoms with Gasteiger partial charge in [-0.2, -0.15) is 0 Å². The Bertz CT molecular complexity index is 314. The minimum absolute atomic E-state index is 0.272. The summed E-state index contributed by atoms with van der Waals surface area (Å²) in [5.41, 5.74) is -1.23. The fourth-order valence-corrected chi connectivity index (χ4v) is 2.02. The largest absolute Gasteiger partial charge is 0.268 e. The highest BCUT2D eigenvalue weighted by Gasteiger charge is 2.33. The van der Waals surface area contributed by atoms with Crippen molar-refractivity contribution in [2.45, 2.75) is 9.29 Å². The Morgan fingerprint density at radius 3 is 2.42 bits per heavy atom. The van der Waals surface area contributed by atoms with E-state index in [2.05, 4.69) is 0 Å². The smallest absolute Gasteiger partial charge is 0.262 e. The lowest BCUT2D eigenvalue weighted by Gasteiger charge is -2.17. The second kappa shape index (κ2) is 3.76. The average molecular weight is 267 g/mol. The van der Waals surface area contributed by atoms with Crippen molar-refractivity contribution in [2.24, 2.45) is 0 Å². The summed E-state index contributed by atoms with van der Waals surface area (Å²) < 4.78 is -0.481. The Kier molecular flexibility index (Phi) is 3.34. The molecule has 0 aromatic carbocycles. The van der Waals surface area contributed by atoms with Crippen molar-refractivity contribution < 1.29 is 0 Å². The molecule has 1 rings (SSSR count). The molecule has 1 aromatic rings. The number of aromatic nitrogens is 1. The van der Waals surface area contributed by atoms with Crippen LogP contribution in [0.3, 0.4) is 0 Å². The zero-order valence-corrected chi connectivity index (χ0v) is 9.35. The molecule has 12 heavy (non-hydrogen) atoms. The van der Waals surface area contributed by atoms with Crippen LogP contribution < -0.4 is 5.56 Å². The van der Waals surface area contributed by atoms with Crippen molar-refractivity contribution in [1.82, 2.24) is 3.96 Å². The van der Waals surface area contributed by atoms with E-state index in [4.69, 9.17) is 46.4 Å². The normalized spacial score (nSPS) is 14.7. The van der Waals surface area contributed by atoms with Crippen molar-refractivity contribution in [1.29, 1.82) is 0 Å². The van der Waals surface area contributed by atoms with E-state index in [-0.39, 0.29) is 5.56 Å². The number of nitrogens with zero attached hydrogens (tertiary/aromatic N) is 1. The number of rotatable bonds is 1. The van der Waals surface area contributed by atoms with Gasteiger partial charge in [0.1, 0.15) is 0 Å². The highest BCUT2D eigenvalue weighted by molar-refractivity contribution is 7.04. The molecular weight excluding hydrogens is 264 g/mol. The molecule has 0 aliphatic heterocycles. The van der Waals surface area contributed by atoms with Crippen LogP contribution in [0.5, 0.6) is 0 Å². The van der Waals surface area contributed by atoms with E-state index in [0.717, 1.165) is 11.5 Å². The van der Waals surface area contributed by atoms with Gasteiger partial charge >= 0.3 is 0 Å². The van der Waals surface area contributed by atoms with Crippen LogP contribution in [0.4, 0.5) is 0 Å². The zero-order chi connectivity index (χ0) is 9.35. The summed E-state index contributed by atoms with van der Waals surface area (Å²) in [6.07, 6.45) is 0. The molecule has 1 atom stereocenters. The lowest BCUT2D eigenvalue weighted by molar-refractivity contribution is 0.719. The lowest BCUT2D eigenvalue weighted by Crippen LogP contribution is -2.24. The molecular formula is C5H3Cl4NOS. The number of alkyl halides is 4. The zero-order valence-electron chi connectivity index (χ0n) is 5.51. The number of halogens is 4. The van der Waals surface area contributed by atoms with E-state index in [1.54, 1.807) is 5.38 Å². The average Bonchev–Trinajstić information content (AvgIpc) is 2.31. The molecule has 0 aliphatic rings. The van der Waals surface area contributed by atoms with Gasteiger partial charge in [0.05, 0.1) is 0 Å². The monoisotopic (exact) mass is 265 g/mol. The summed E-state index contributed by atoms with van der Waals surface area (Å²) in [6.45, 7) is 0. The van der Waals surface area contributed by atoms with Gasteiger partial charge < -0.3 is 0 Å². The Labute approximate surface area is 92.7 Å². The standard InChI is InChI=1S/C5H3Cl4NOS/c6-4(5(7,8)9)10-3(11)1-2-12-10/h1-2,4H. The van der Waals surface area contributed by atoms with Gasteiger partial charge in [-0.05, 0) is 0 Å². The van der Waals surface area contributed by atoms with Crippen LogP contribution in [0.15, 0.2) is 16.2 Å². The molecule has 1 aromatic heterocycles. The van der Waals surface area contributed by atoms with Gasteiger partial charge in [0, 0.05) is 11.4 Å². The molecule has 0 saturated carbocycles. The summed E-state index contributed by atoms with van der Waals surface area (Å²) in [5, 5.41) is 1.58. The van der Waals surface area contributed by atoms with Crippen LogP contribution in [0, 0.1) is 0 Å². The molecule has 0 saturated heterocycles. The molecule has 1 heterocycles. The first kappa shape index (κ1) is 10.7. The van der Waals surface area contributed by atoms with Crippen LogP contribution in [-0.4, -0.2) is 7.75 Å². The predicted octanol–water partition coefficient (Wildman–Crippen LogP) is 3.02. The minimum Gasteiger partial charge on any atom is -0.268 e. The number of hydrogen-bond donors (Lipinski definition) is 0. The second-order valence-corrected chi connectivity index (χ2v) is 5.61. The van der Waals surface area contributed by atoms with E-state index in [9.17, 15) is 4.79 Å². The summed E-state index contributed by atoms with van der Waals surface area (Å²) in [7, 11) is 0. The molecule has 0 amide bonds. The fraction of sp³-hybridized carbons (Fsp3) is 0.400. The van der Waals surface area contributed by atoms with Crippen LogP contribution in [0.2, 0.25) is 0 Å². The van der Waals surface area contributed by atoms with E-state index in [1.165, 1.54) is 10.0 Å². The third-order valence-electron chi connectivity index (χ3n) is 1.08. The summed E-state index contributed by atoms with van der Waals surface area (Å²) in [4.78, 5) is 11.0. The molecule has 0 spiro atoms. The van der Waals surface area contributed by atoms with Crippen molar-refractivity contribution >= 4 is 57.9 Å². The van der Waals surface area contributed by atoms with Crippen LogP contribution in [0.1, 0.15) is 5.50 Å². The summed E-state index contributed by atoms with van der Waals surface area (Å²) >= 11 is 23.3. The molecule has 1 unspecified atom stereocenters. The Hall–Kier alpha value is 0.590. The lowest BCUT2D eigenvalue weighted by atomic mass is 10.7.